The van der Waals surface area contributed by atoms with Crippen LogP contribution < -0.4 is 0 Å². The SMILES string of the molecule is C=CCCC(=O)OCCc1ccc(O)c(-n2nc3ccccc3n2)c1. The second-order valence-corrected chi connectivity index (χ2v) is 5.60. The van der Waals surface area contributed by atoms with Gasteiger partial charge in [-0.1, -0.05) is 24.3 Å². The van der Waals surface area contributed by atoms with Crippen LogP contribution in [-0.2, 0) is 16.0 Å². The summed E-state index contributed by atoms with van der Waals surface area (Å²) in [5.41, 5.74) is 2.92. The van der Waals surface area contributed by atoms with Crippen LogP contribution in [-0.4, -0.2) is 32.7 Å². The zero-order valence-electron chi connectivity index (χ0n) is 13.8. The largest absolute Gasteiger partial charge is 0.506 e. The number of benzene rings is 2. The normalized spacial score (nSPS) is 10.7. The summed E-state index contributed by atoms with van der Waals surface area (Å²) < 4.78 is 5.18. The summed E-state index contributed by atoms with van der Waals surface area (Å²) in [6, 6.07) is 12.7. The van der Waals surface area contributed by atoms with Crippen LogP contribution in [0.25, 0.3) is 16.7 Å². The van der Waals surface area contributed by atoms with Crippen LogP contribution >= 0.6 is 0 Å². The first-order valence-electron chi connectivity index (χ1n) is 8.08. The highest BCUT2D eigenvalue weighted by molar-refractivity contribution is 5.73. The Morgan fingerprint density at radius 2 is 1.92 bits per heavy atom. The standard InChI is InChI=1S/C19H19N3O3/c1-2-3-8-19(24)25-12-11-14-9-10-18(23)17(13-14)22-20-15-6-4-5-7-16(15)21-22/h2,4-7,9-10,13,23H,1,3,8,11-12H2. The molecular formula is C19H19N3O3. The van der Waals surface area contributed by atoms with Crippen molar-refractivity contribution < 1.29 is 14.6 Å². The van der Waals surface area contributed by atoms with Gasteiger partial charge in [-0.05, 0) is 36.2 Å². The van der Waals surface area contributed by atoms with Crippen LogP contribution in [0.1, 0.15) is 18.4 Å². The molecule has 2 aromatic carbocycles. The van der Waals surface area contributed by atoms with Crippen LogP contribution in [0.15, 0.2) is 55.1 Å². The van der Waals surface area contributed by atoms with Gasteiger partial charge in [-0.2, -0.15) is 0 Å². The molecule has 0 saturated carbocycles. The summed E-state index contributed by atoms with van der Waals surface area (Å²) in [6.07, 6.45) is 3.19. The molecule has 0 radical (unpaired) electrons. The molecule has 3 aromatic rings. The Kier molecular flexibility index (Phi) is 5.09. The number of phenols is 1. The van der Waals surface area contributed by atoms with Crippen molar-refractivity contribution in [1.29, 1.82) is 0 Å². The lowest BCUT2D eigenvalue weighted by Crippen LogP contribution is -2.07. The second kappa shape index (κ2) is 7.61. The lowest BCUT2D eigenvalue weighted by atomic mass is 10.1. The van der Waals surface area contributed by atoms with Crippen molar-refractivity contribution >= 4 is 17.0 Å². The van der Waals surface area contributed by atoms with Crippen LogP contribution in [0, 0.1) is 0 Å². The van der Waals surface area contributed by atoms with Crippen molar-refractivity contribution in [3.63, 3.8) is 0 Å². The Morgan fingerprint density at radius 1 is 1.20 bits per heavy atom. The fourth-order valence-corrected chi connectivity index (χ4v) is 2.43. The molecule has 25 heavy (non-hydrogen) atoms. The maximum absolute atomic E-state index is 11.5. The second-order valence-electron chi connectivity index (χ2n) is 5.60. The van der Waals surface area contributed by atoms with Crippen molar-refractivity contribution in [2.45, 2.75) is 19.3 Å². The van der Waals surface area contributed by atoms with Crippen LogP contribution in [0.2, 0.25) is 0 Å². The van der Waals surface area contributed by atoms with Gasteiger partial charge in [0.15, 0.2) is 0 Å². The Morgan fingerprint density at radius 3 is 2.60 bits per heavy atom. The highest BCUT2D eigenvalue weighted by Gasteiger charge is 2.10. The Balaban J connectivity index is 1.72. The van der Waals surface area contributed by atoms with Gasteiger partial charge in [0.05, 0.1) is 6.61 Å². The van der Waals surface area contributed by atoms with Gasteiger partial charge >= 0.3 is 5.97 Å². The highest BCUT2D eigenvalue weighted by atomic mass is 16.5. The zero-order valence-corrected chi connectivity index (χ0v) is 13.8. The number of esters is 1. The monoisotopic (exact) mass is 337 g/mol. The van der Waals surface area contributed by atoms with Gasteiger partial charge in [-0.25, -0.2) is 0 Å². The predicted molar refractivity (Wildman–Crippen MR) is 94.6 cm³/mol. The molecule has 0 aliphatic carbocycles. The van der Waals surface area contributed by atoms with Gasteiger partial charge in [0.25, 0.3) is 0 Å². The topological polar surface area (TPSA) is 77.2 Å². The van der Waals surface area contributed by atoms with E-state index in [1.165, 1.54) is 4.80 Å². The summed E-state index contributed by atoms with van der Waals surface area (Å²) in [4.78, 5) is 12.9. The molecule has 1 aromatic heterocycles. The summed E-state index contributed by atoms with van der Waals surface area (Å²) in [7, 11) is 0. The highest BCUT2D eigenvalue weighted by Crippen LogP contribution is 2.23. The van der Waals surface area contributed by atoms with Crippen molar-refractivity contribution in [1.82, 2.24) is 15.0 Å². The van der Waals surface area contributed by atoms with Crippen LogP contribution in [0.3, 0.4) is 0 Å². The summed E-state index contributed by atoms with van der Waals surface area (Å²) in [5.74, 6) is -0.147. The van der Waals surface area contributed by atoms with Crippen molar-refractivity contribution in [2.75, 3.05) is 6.61 Å². The summed E-state index contributed by atoms with van der Waals surface area (Å²) >= 11 is 0. The number of aromatic hydroxyl groups is 1. The Labute approximate surface area is 145 Å². The molecule has 6 heteroatoms. The van der Waals surface area contributed by atoms with E-state index < -0.39 is 0 Å². The average molecular weight is 337 g/mol. The van der Waals surface area contributed by atoms with Crippen molar-refractivity contribution in [3.8, 4) is 11.4 Å². The molecule has 0 fully saturated rings. The number of carbonyl (C=O) groups excluding carboxylic acids is 1. The molecule has 0 amide bonds. The number of hydrogen-bond donors (Lipinski definition) is 1. The number of hydrogen-bond acceptors (Lipinski definition) is 5. The molecule has 0 saturated heterocycles. The molecule has 0 bridgehead atoms. The molecule has 6 nitrogen and oxygen atoms in total. The third kappa shape index (κ3) is 4.03. The van der Waals surface area contributed by atoms with Gasteiger partial charge in [0, 0.05) is 12.8 Å². The molecule has 1 N–H and O–H groups in total. The molecule has 0 spiro atoms. The molecule has 3 rings (SSSR count). The minimum atomic E-state index is -0.237. The fourth-order valence-electron chi connectivity index (χ4n) is 2.43. The molecule has 0 atom stereocenters. The minimum absolute atomic E-state index is 0.0898. The van der Waals surface area contributed by atoms with E-state index in [4.69, 9.17) is 4.74 Å². The van der Waals surface area contributed by atoms with E-state index in [1.807, 2.05) is 24.3 Å². The lowest BCUT2D eigenvalue weighted by molar-refractivity contribution is -0.143. The number of aromatic nitrogens is 3. The van der Waals surface area contributed by atoms with Gasteiger partial charge in [0.1, 0.15) is 22.5 Å². The van der Waals surface area contributed by atoms with E-state index >= 15 is 0 Å². The van der Waals surface area contributed by atoms with E-state index in [9.17, 15) is 9.90 Å². The predicted octanol–water partition coefficient (Wildman–Crippen LogP) is 3.18. The first-order chi connectivity index (χ1) is 12.2. The van der Waals surface area contributed by atoms with Gasteiger partial charge < -0.3 is 9.84 Å². The Bertz CT molecular complexity index is 869. The van der Waals surface area contributed by atoms with E-state index in [0.717, 1.165) is 16.6 Å². The van der Waals surface area contributed by atoms with E-state index in [1.54, 1.807) is 24.3 Å². The maximum Gasteiger partial charge on any atom is 0.306 e. The molecule has 128 valence electrons. The molecule has 0 aliphatic rings. The molecule has 0 aliphatic heterocycles. The van der Waals surface area contributed by atoms with Crippen molar-refractivity contribution in [3.05, 3.63) is 60.7 Å². The minimum Gasteiger partial charge on any atom is -0.506 e. The van der Waals surface area contributed by atoms with E-state index in [0.29, 0.717) is 24.9 Å². The zero-order chi connectivity index (χ0) is 17.6. The summed E-state index contributed by atoms with van der Waals surface area (Å²) in [6.45, 7) is 3.86. The van der Waals surface area contributed by atoms with E-state index in [2.05, 4.69) is 16.8 Å². The quantitative estimate of drug-likeness (QED) is 0.529. The molecular weight excluding hydrogens is 318 g/mol. The Hall–Kier alpha value is -3.15. The lowest BCUT2D eigenvalue weighted by Gasteiger charge is -2.08. The first kappa shape index (κ1) is 16.7. The number of nitrogens with zero attached hydrogens (tertiary/aromatic N) is 3. The third-order valence-corrected chi connectivity index (χ3v) is 3.75. The fraction of sp³-hybridized carbons (Fsp3) is 0.211. The first-order valence-corrected chi connectivity index (χ1v) is 8.08. The number of allylic oxidation sites excluding steroid dienone is 1. The van der Waals surface area contributed by atoms with Gasteiger partial charge in [0.2, 0.25) is 0 Å². The van der Waals surface area contributed by atoms with Gasteiger partial charge in [-0.3, -0.25) is 4.79 Å². The number of phenolic OH excluding ortho intramolecular Hbond substituents is 1. The van der Waals surface area contributed by atoms with Crippen LogP contribution in [0.4, 0.5) is 0 Å². The maximum atomic E-state index is 11.5. The number of ether oxygens (including phenoxy) is 1. The number of carbonyl (C=O) groups is 1. The molecule has 1 heterocycles. The molecule has 0 unspecified atom stereocenters. The van der Waals surface area contributed by atoms with Gasteiger partial charge in [-0.15, -0.1) is 21.6 Å². The average Bonchev–Trinajstić information content (AvgIpc) is 3.05. The third-order valence-electron chi connectivity index (χ3n) is 3.75. The van der Waals surface area contributed by atoms with Crippen LogP contribution in [0.5, 0.6) is 5.75 Å². The number of fused-ring (bicyclic) bond motifs is 1. The van der Waals surface area contributed by atoms with E-state index in [-0.39, 0.29) is 18.3 Å². The van der Waals surface area contributed by atoms with Crippen molar-refractivity contribution in [2.24, 2.45) is 0 Å². The summed E-state index contributed by atoms with van der Waals surface area (Å²) in [5, 5.41) is 18.9. The number of rotatable bonds is 7. The smallest absolute Gasteiger partial charge is 0.306 e.